The fraction of sp³-hybridized carbons (Fsp3) is 0.571. The van der Waals surface area contributed by atoms with Gasteiger partial charge in [0.25, 0.3) is 0 Å². The molecule has 96 valence electrons. The van der Waals surface area contributed by atoms with Gasteiger partial charge in [0.15, 0.2) is 0 Å². The Morgan fingerprint density at radius 1 is 1.41 bits per heavy atom. The first kappa shape index (κ1) is 14.9. The van der Waals surface area contributed by atoms with Crippen molar-refractivity contribution in [2.75, 3.05) is 13.1 Å². The molecular formula is C14H22BrNS. The van der Waals surface area contributed by atoms with Crippen LogP contribution in [0.3, 0.4) is 0 Å². The van der Waals surface area contributed by atoms with Crippen molar-refractivity contribution < 1.29 is 0 Å². The Hall–Kier alpha value is -0.120. The van der Waals surface area contributed by atoms with Gasteiger partial charge in [0.1, 0.15) is 0 Å². The molecule has 1 heterocycles. The molecule has 0 bridgehead atoms. The molecule has 0 aliphatic rings. The summed E-state index contributed by atoms with van der Waals surface area (Å²) in [6.07, 6.45) is 2.31. The summed E-state index contributed by atoms with van der Waals surface area (Å²) in [6.45, 7) is 11.1. The van der Waals surface area contributed by atoms with Gasteiger partial charge in [-0.3, -0.25) is 0 Å². The third-order valence-electron chi connectivity index (χ3n) is 2.54. The quantitative estimate of drug-likeness (QED) is 0.795. The van der Waals surface area contributed by atoms with Crippen LogP contribution in [0.1, 0.15) is 32.6 Å². The van der Waals surface area contributed by atoms with Gasteiger partial charge < -0.3 is 5.32 Å². The fourth-order valence-corrected chi connectivity index (χ4v) is 2.92. The predicted octanol–water partition coefficient (Wildman–Crippen LogP) is 4.80. The first-order valence-electron chi connectivity index (χ1n) is 6.14. The summed E-state index contributed by atoms with van der Waals surface area (Å²) in [5.74, 6) is 1.30. The molecule has 0 atom stereocenters. The average molecular weight is 316 g/mol. The second-order valence-electron chi connectivity index (χ2n) is 5.07. The largest absolute Gasteiger partial charge is 0.313 e. The standard InChI is InChI=1S/C14H22BrNS/c1-10(2)7-16-8-12(11(3)4)5-14-6-13(15)9-17-14/h5-6,9-11,16H,7-8H2,1-4H3. The number of rotatable bonds is 6. The monoisotopic (exact) mass is 315 g/mol. The van der Waals surface area contributed by atoms with E-state index in [0.717, 1.165) is 13.1 Å². The Labute approximate surface area is 117 Å². The molecule has 0 aromatic carbocycles. The van der Waals surface area contributed by atoms with Crippen LogP contribution in [-0.2, 0) is 0 Å². The molecule has 0 unspecified atom stereocenters. The highest BCUT2D eigenvalue weighted by molar-refractivity contribution is 9.10. The molecule has 1 nitrogen and oxygen atoms in total. The van der Waals surface area contributed by atoms with Crippen molar-refractivity contribution in [2.24, 2.45) is 11.8 Å². The summed E-state index contributed by atoms with van der Waals surface area (Å²) >= 11 is 5.28. The molecule has 0 fully saturated rings. The van der Waals surface area contributed by atoms with E-state index in [1.807, 2.05) is 0 Å². The van der Waals surface area contributed by atoms with Crippen LogP contribution in [0.15, 0.2) is 21.5 Å². The molecule has 0 aliphatic heterocycles. The van der Waals surface area contributed by atoms with E-state index in [-0.39, 0.29) is 0 Å². The van der Waals surface area contributed by atoms with Gasteiger partial charge in [0.05, 0.1) is 0 Å². The zero-order valence-electron chi connectivity index (χ0n) is 11.1. The van der Waals surface area contributed by atoms with E-state index in [1.165, 1.54) is 14.9 Å². The molecule has 0 saturated heterocycles. The number of halogens is 1. The average Bonchev–Trinajstić information content (AvgIpc) is 2.62. The maximum absolute atomic E-state index is 3.52. The summed E-state index contributed by atoms with van der Waals surface area (Å²) in [6, 6.07) is 2.18. The normalized spacial score (nSPS) is 12.8. The van der Waals surface area contributed by atoms with Crippen molar-refractivity contribution in [1.82, 2.24) is 5.32 Å². The number of hydrogen-bond acceptors (Lipinski definition) is 2. The van der Waals surface area contributed by atoms with Crippen molar-refractivity contribution in [3.05, 3.63) is 26.4 Å². The van der Waals surface area contributed by atoms with Crippen LogP contribution in [0.2, 0.25) is 0 Å². The molecule has 0 amide bonds. The molecule has 1 N–H and O–H groups in total. The van der Waals surface area contributed by atoms with Crippen molar-refractivity contribution in [3.63, 3.8) is 0 Å². The van der Waals surface area contributed by atoms with Gasteiger partial charge in [-0.25, -0.2) is 0 Å². The lowest BCUT2D eigenvalue weighted by Gasteiger charge is -2.13. The maximum Gasteiger partial charge on any atom is 0.0288 e. The van der Waals surface area contributed by atoms with Crippen molar-refractivity contribution >= 4 is 33.3 Å². The van der Waals surface area contributed by atoms with E-state index in [4.69, 9.17) is 0 Å². The molecule has 0 spiro atoms. The Morgan fingerprint density at radius 2 is 2.12 bits per heavy atom. The Bertz CT molecular complexity index is 366. The lowest BCUT2D eigenvalue weighted by molar-refractivity contribution is 0.558. The van der Waals surface area contributed by atoms with Crippen LogP contribution < -0.4 is 5.32 Å². The summed E-state index contributed by atoms with van der Waals surface area (Å²) in [5.41, 5.74) is 1.47. The zero-order valence-corrected chi connectivity index (χ0v) is 13.5. The minimum atomic E-state index is 0.593. The van der Waals surface area contributed by atoms with E-state index in [9.17, 15) is 0 Å². The van der Waals surface area contributed by atoms with Gasteiger partial charge in [-0.2, -0.15) is 0 Å². The fourth-order valence-electron chi connectivity index (χ4n) is 1.51. The molecule has 17 heavy (non-hydrogen) atoms. The third kappa shape index (κ3) is 5.84. The highest BCUT2D eigenvalue weighted by Gasteiger charge is 2.05. The first-order chi connectivity index (χ1) is 7.99. The van der Waals surface area contributed by atoms with Crippen molar-refractivity contribution in [1.29, 1.82) is 0 Å². The molecule has 1 aromatic rings. The van der Waals surface area contributed by atoms with E-state index in [2.05, 4.69) is 66.5 Å². The number of nitrogens with one attached hydrogen (secondary N) is 1. The van der Waals surface area contributed by atoms with Crippen LogP contribution >= 0.6 is 27.3 Å². The lowest BCUT2D eigenvalue weighted by Crippen LogP contribution is -2.23. The van der Waals surface area contributed by atoms with E-state index >= 15 is 0 Å². The van der Waals surface area contributed by atoms with Crippen molar-refractivity contribution in [3.8, 4) is 0 Å². The summed E-state index contributed by atoms with van der Waals surface area (Å²) in [4.78, 5) is 1.33. The van der Waals surface area contributed by atoms with Crippen LogP contribution in [0.25, 0.3) is 6.08 Å². The SMILES string of the molecule is CC(C)CNCC(=Cc1cc(Br)cs1)C(C)C. The van der Waals surface area contributed by atoms with E-state index < -0.39 is 0 Å². The Balaban J connectivity index is 2.62. The zero-order chi connectivity index (χ0) is 12.8. The topological polar surface area (TPSA) is 12.0 Å². The third-order valence-corrected chi connectivity index (χ3v) is 4.18. The predicted molar refractivity (Wildman–Crippen MR) is 82.5 cm³/mol. The van der Waals surface area contributed by atoms with Gasteiger partial charge in [0.2, 0.25) is 0 Å². The summed E-state index contributed by atoms with van der Waals surface area (Å²) < 4.78 is 1.17. The smallest absolute Gasteiger partial charge is 0.0288 e. The van der Waals surface area contributed by atoms with Crippen LogP contribution in [0.4, 0.5) is 0 Å². The Morgan fingerprint density at radius 3 is 2.59 bits per heavy atom. The van der Waals surface area contributed by atoms with E-state index in [0.29, 0.717) is 11.8 Å². The minimum absolute atomic E-state index is 0.593. The molecular weight excluding hydrogens is 294 g/mol. The van der Waals surface area contributed by atoms with Gasteiger partial charge in [-0.15, -0.1) is 11.3 Å². The maximum atomic E-state index is 3.52. The van der Waals surface area contributed by atoms with Gasteiger partial charge in [-0.05, 0) is 46.5 Å². The van der Waals surface area contributed by atoms with Crippen LogP contribution in [0, 0.1) is 11.8 Å². The van der Waals surface area contributed by atoms with Gasteiger partial charge >= 0.3 is 0 Å². The van der Waals surface area contributed by atoms with Gasteiger partial charge in [0, 0.05) is 21.3 Å². The summed E-state index contributed by atoms with van der Waals surface area (Å²) in [5, 5.41) is 5.65. The highest BCUT2D eigenvalue weighted by atomic mass is 79.9. The molecule has 1 rings (SSSR count). The van der Waals surface area contributed by atoms with Gasteiger partial charge in [-0.1, -0.05) is 33.3 Å². The lowest BCUT2D eigenvalue weighted by atomic mass is 10.0. The second-order valence-corrected chi connectivity index (χ2v) is 6.92. The van der Waals surface area contributed by atoms with Crippen LogP contribution in [0.5, 0.6) is 0 Å². The second kappa shape index (κ2) is 7.34. The highest BCUT2D eigenvalue weighted by Crippen LogP contribution is 2.23. The molecule has 1 aromatic heterocycles. The molecule has 0 saturated carbocycles. The van der Waals surface area contributed by atoms with Crippen molar-refractivity contribution in [2.45, 2.75) is 27.7 Å². The molecule has 0 radical (unpaired) electrons. The minimum Gasteiger partial charge on any atom is -0.313 e. The molecule has 3 heteroatoms. The number of hydrogen-bond donors (Lipinski definition) is 1. The molecule has 0 aliphatic carbocycles. The summed E-state index contributed by atoms with van der Waals surface area (Å²) in [7, 11) is 0. The van der Waals surface area contributed by atoms with E-state index in [1.54, 1.807) is 11.3 Å². The number of thiophene rings is 1. The first-order valence-corrected chi connectivity index (χ1v) is 7.81. The van der Waals surface area contributed by atoms with Crippen LogP contribution in [-0.4, -0.2) is 13.1 Å². The Kier molecular flexibility index (Phi) is 6.45.